The van der Waals surface area contributed by atoms with Crippen molar-refractivity contribution in [2.45, 2.75) is 19.3 Å². The van der Waals surface area contributed by atoms with Crippen LogP contribution in [0, 0.1) is 0 Å². The second-order valence-corrected chi connectivity index (χ2v) is 3.79. The van der Waals surface area contributed by atoms with Gasteiger partial charge >= 0.3 is 0 Å². The normalized spacial score (nSPS) is 10.6. The molecule has 0 aromatic heterocycles. The zero-order valence-electron chi connectivity index (χ0n) is 8.91. The Hall–Kier alpha value is -0.730. The van der Waals surface area contributed by atoms with Crippen LogP contribution >= 0.6 is 12.4 Å². The van der Waals surface area contributed by atoms with Gasteiger partial charge in [-0.25, -0.2) is 0 Å². The molecule has 80 valence electrons. The Balaban J connectivity index is 0.00000169. The molecule has 2 nitrogen and oxygen atoms in total. The molecule has 1 aromatic rings. The maximum absolute atomic E-state index is 5.71. The highest BCUT2D eigenvalue weighted by Crippen LogP contribution is 2.30. The van der Waals surface area contributed by atoms with E-state index in [2.05, 4.69) is 19.9 Å². The molecule has 0 spiro atoms. The van der Waals surface area contributed by atoms with Crippen molar-refractivity contribution < 1.29 is 4.74 Å². The first-order valence-corrected chi connectivity index (χ1v) is 4.45. The molecule has 14 heavy (non-hydrogen) atoms. The molecule has 0 atom stereocenters. The lowest BCUT2D eigenvalue weighted by atomic mass is 9.84. The fraction of sp³-hybridized carbons (Fsp3) is 0.455. The summed E-state index contributed by atoms with van der Waals surface area (Å²) in [6.45, 7) is 4.85. The number of halogens is 1. The average Bonchev–Trinajstić information content (AvgIpc) is 2.18. The molecule has 0 fully saturated rings. The summed E-state index contributed by atoms with van der Waals surface area (Å²) in [5.74, 6) is 0.915. The van der Waals surface area contributed by atoms with Gasteiger partial charge in [0.25, 0.3) is 0 Å². The average molecular weight is 216 g/mol. The highest BCUT2D eigenvalue weighted by Gasteiger charge is 2.21. The molecule has 0 amide bonds. The zero-order valence-corrected chi connectivity index (χ0v) is 9.73. The molecule has 1 rings (SSSR count). The van der Waals surface area contributed by atoms with Gasteiger partial charge in [-0.3, -0.25) is 0 Å². The van der Waals surface area contributed by atoms with Gasteiger partial charge in [0.05, 0.1) is 7.11 Å². The molecule has 0 aliphatic heterocycles. The summed E-state index contributed by atoms with van der Waals surface area (Å²) in [4.78, 5) is 0. The Morgan fingerprint density at radius 3 is 2.36 bits per heavy atom. The van der Waals surface area contributed by atoms with Crippen LogP contribution in [0.2, 0.25) is 0 Å². The monoisotopic (exact) mass is 215 g/mol. The zero-order chi connectivity index (χ0) is 9.90. The summed E-state index contributed by atoms with van der Waals surface area (Å²) in [6, 6.07) is 8.00. The minimum Gasteiger partial charge on any atom is -0.496 e. The van der Waals surface area contributed by atoms with Crippen LogP contribution in [-0.2, 0) is 5.41 Å². The smallest absolute Gasteiger partial charge is 0.122 e. The molecule has 0 unspecified atom stereocenters. The van der Waals surface area contributed by atoms with E-state index in [1.165, 1.54) is 5.56 Å². The van der Waals surface area contributed by atoms with Crippen molar-refractivity contribution in [1.29, 1.82) is 0 Å². The first kappa shape index (κ1) is 13.3. The van der Waals surface area contributed by atoms with Gasteiger partial charge in [0.15, 0.2) is 0 Å². The van der Waals surface area contributed by atoms with Crippen LogP contribution in [0.4, 0.5) is 0 Å². The summed E-state index contributed by atoms with van der Waals surface area (Å²) in [7, 11) is 1.69. The first-order valence-electron chi connectivity index (χ1n) is 4.45. The van der Waals surface area contributed by atoms with Gasteiger partial charge in [0.2, 0.25) is 0 Å². The summed E-state index contributed by atoms with van der Waals surface area (Å²) in [5.41, 5.74) is 6.85. The van der Waals surface area contributed by atoms with Crippen LogP contribution in [0.1, 0.15) is 19.4 Å². The van der Waals surface area contributed by atoms with Gasteiger partial charge < -0.3 is 10.5 Å². The molecule has 1 aromatic carbocycles. The van der Waals surface area contributed by atoms with Crippen LogP contribution < -0.4 is 10.5 Å². The van der Waals surface area contributed by atoms with E-state index in [4.69, 9.17) is 10.5 Å². The second-order valence-electron chi connectivity index (χ2n) is 3.79. The van der Waals surface area contributed by atoms with Crippen LogP contribution in [0.25, 0.3) is 0 Å². The number of methoxy groups -OCH3 is 1. The minimum atomic E-state index is -0.0212. The number of ether oxygens (including phenoxy) is 1. The van der Waals surface area contributed by atoms with Gasteiger partial charge in [-0.15, -0.1) is 12.4 Å². The van der Waals surface area contributed by atoms with E-state index in [1.807, 2.05) is 18.2 Å². The van der Waals surface area contributed by atoms with Crippen molar-refractivity contribution in [2.24, 2.45) is 5.73 Å². The number of rotatable bonds is 3. The predicted octanol–water partition coefficient (Wildman–Crippen LogP) is 2.35. The van der Waals surface area contributed by atoms with Crippen molar-refractivity contribution in [3.8, 4) is 5.75 Å². The van der Waals surface area contributed by atoms with Crippen molar-refractivity contribution in [1.82, 2.24) is 0 Å². The van der Waals surface area contributed by atoms with Crippen LogP contribution in [0.5, 0.6) is 5.75 Å². The number of nitrogens with two attached hydrogens (primary N) is 1. The first-order chi connectivity index (χ1) is 6.11. The number of benzene rings is 1. The summed E-state index contributed by atoms with van der Waals surface area (Å²) >= 11 is 0. The van der Waals surface area contributed by atoms with E-state index in [0.717, 1.165) is 5.75 Å². The van der Waals surface area contributed by atoms with Crippen molar-refractivity contribution in [3.63, 3.8) is 0 Å². The van der Waals surface area contributed by atoms with Crippen LogP contribution in [0.3, 0.4) is 0 Å². The molecule has 0 aliphatic rings. The van der Waals surface area contributed by atoms with Crippen LogP contribution in [-0.4, -0.2) is 13.7 Å². The molecule has 0 bridgehead atoms. The Kier molecular flexibility index (Phi) is 4.95. The minimum absolute atomic E-state index is 0. The van der Waals surface area contributed by atoms with E-state index in [1.54, 1.807) is 7.11 Å². The van der Waals surface area contributed by atoms with Crippen LogP contribution in [0.15, 0.2) is 24.3 Å². The number of hydrogen-bond acceptors (Lipinski definition) is 2. The third-order valence-electron chi connectivity index (χ3n) is 2.35. The molecule has 0 saturated carbocycles. The Morgan fingerprint density at radius 2 is 1.86 bits per heavy atom. The molecule has 0 saturated heterocycles. The Bertz CT molecular complexity index is 286. The summed E-state index contributed by atoms with van der Waals surface area (Å²) < 4.78 is 5.28. The van der Waals surface area contributed by atoms with Crippen molar-refractivity contribution in [3.05, 3.63) is 29.8 Å². The predicted molar refractivity (Wildman–Crippen MR) is 62.3 cm³/mol. The van der Waals surface area contributed by atoms with E-state index >= 15 is 0 Å². The van der Waals surface area contributed by atoms with Gasteiger partial charge in [-0.2, -0.15) is 0 Å². The topological polar surface area (TPSA) is 35.2 Å². The maximum Gasteiger partial charge on any atom is 0.122 e. The lowest BCUT2D eigenvalue weighted by molar-refractivity contribution is 0.393. The number of hydrogen-bond donors (Lipinski definition) is 1. The Labute approximate surface area is 91.9 Å². The lowest BCUT2D eigenvalue weighted by Crippen LogP contribution is -2.28. The fourth-order valence-electron chi connectivity index (χ4n) is 1.31. The lowest BCUT2D eigenvalue weighted by Gasteiger charge is -2.24. The SMILES string of the molecule is COc1ccccc1C(C)(C)CN.Cl. The highest BCUT2D eigenvalue weighted by atomic mass is 35.5. The molecular formula is C11H18ClNO. The molecule has 0 radical (unpaired) electrons. The third-order valence-corrected chi connectivity index (χ3v) is 2.35. The van der Waals surface area contributed by atoms with E-state index in [-0.39, 0.29) is 17.8 Å². The standard InChI is InChI=1S/C11H17NO.ClH/c1-11(2,8-12)9-6-4-5-7-10(9)13-3;/h4-7H,8,12H2,1-3H3;1H. The largest absolute Gasteiger partial charge is 0.496 e. The van der Waals surface area contributed by atoms with Gasteiger partial charge in [-0.05, 0) is 6.07 Å². The highest BCUT2D eigenvalue weighted by molar-refractivity contribution is 5.85. The van der Waals surface area contributed by atoms with E-state index < -0.39 is 0 Å². The molecule has 0 aliphatic carbocycles. The van der Waals surface area contributed by atoms with Crippen molar-refractivity contribution >= 4 is 12.4 Å². The summed E-state index contributed by atoms with van der Waals surface area (Å²) in [5, 5.41) is 0. The molecule has 0 heterocycles. The van der Waals surface area contributed by atoms with Gasteiger partial charge in [0, 0.05) is 17.5 Å². The molecule has 3 heteroatoms. The quantitative estimate of drug-likeness (QED) is 0.840. The van der Waals surface area contributed by atoms with E-state index in [9.17, 15) is 0 Å². The molecule has 2 N–H and O–H groups in total. The number of para-hydroxylation sites is 1. The Morgan fingerprint density at radius 1 is 1.29 bits per heavy atom. The molecular weight excluding hydrogens is 198 g/mol. The van der Waals surface area contributed by atoms with Gasteiger partial charge in [-0.1, -0.05) is 32.0 Å². The van der Waals surface area contributed by atoms with E-state index in [0.29, 0.717) is 6.54 Å². The fourth-order valence-corrected chi connectivity index (χ4v) is 1.31. The second kappa shape index (κ2) is 5.23. The summed E-state index contributed by atoms with van der Waals surface area (Å²) in [6.07, 6.45) is 0. The van der Waals surface area contributed by atoms with Gasteiger partial charge in [0.1, 0.15) is 5.75 Å². The third kappa shape index (κ3) is 2.63. The maximum atomic E-state index is 5.71. The van der Waals surface area contributed by atoms with Crippen molar-refractivity contribution in [2.75, 3.05) is 13.7 Å².